The van der Waals surface area contributed by atoms with E-state index in [4.69, 9.17) is 14.3 Å². The molecule has 0 saturated carbocycles. The second-order valence-electron chi connectivity index (χ2n) is 10.4. The fourth-order valence-electron chi connectivity index (χ4n) is 3.64. The predicted molar refractivity (Wildman–Crippen MR) is 126 cm³/mol. The highest BCUT2D eigenvalue weighted by Gasteiger charge is 2.40. The molecule has 0 saturated heterocycles. The largest absolute Gasteiger partial charge is 0.543 e. The quantitative estimate of drug-likeness (QED) is 0.301. The Morgan fingerprint density at radius 2 is 1.76 bits per heavy atom. The zero-order valence-corrected chi connectivity index (χ0v) is 21.2. The Morgan fingerprint density at radius 3 is 2.34 bits per heavy atom. The molecule has 0 spiro atoms. The van der Waals surface area contributed by atoms with Gasteiger partial charge in [0.05, 0.1) is 0 Å². The molecular weight excluding hydrogens is 376 g/mol. The first-order valence-corrected chi connectivity index (χ1v) is 14.0. The van der Waals surface area contributed by atoms with Crippen LogP contribution in [0.1, 0.15) is 75.6 Å². The second kappa shape index (κ2) is 8.85. The fourth-order valence-corrected chi connectivity index (χ4v) is 4.76. The van der Waals surface area contributed by atoms with Gasteiger partial charge in [-0.3, -0.25) is 0 Å². The fraction of sp³-hybridized carbons (Fsp3) is 0.680. The maximum absolute atomic E-state index is 8.94. The first kappa shape index (κ1) is 24.0. The normalized spacial score (nSPS) is 19.9. The van der Waals surface area contributed by atoms with Crippen LogP contribution in [0.25, 0.3) is 0 Å². The predicted octanol–water partition coefficient (Wildman–Crippen LogP) is 6.80. The lowest BCUT2D eigenvalue weighted by Gasteiger charge is -2.40. The average Bonchev–Trinajstić information content (AvgIpc) is 2.62. The van der Waals surface area contributed by atoms with Crippen molar-refractivity contribution in [1.82, 2.24) is 0 Å². The maximum atomic E-state index is 8.94. The van der Waals surface area contributed by atoms with Gasteiger partial charge in [-0.2, -0.15) is 0 Å². The molecule has 29 heavy (non-hydrogen) atoms. The van der Waals surface area contributed by atoms with Crippen LogP contribution in [0.3, 0.4) is 0 Å². The van der Waals surface area contributed by atoms with E-state index in [2.05, 4.69) is 73.7 Å². The molecule has 4 heteroatoms. The summed E-state index contributed by atoms with van der Waals surface area (Å²) in [6.45, 7) is 20.5. The molecule has 1 aliphatic rings. The van der Waals surface area contributed by atoms with Gasteiger partial charge in [0.15, 0.2) is 0 Å². The van der Waals surface area contributed by atoms with E-state index in [-0.39, 0.29) is 17.2 Å². The zero-order chi connectivity index (χ0) is 22.0. The molecule has 0 amide bonds. The van der Waals surface area contributed by atoms with Gasteiger partial charge in [-0.05, 0) is 101 Å². The Labute approximate surface area is 179 Å². The molecule has 0 radical (unpaired) electrons. The SMILES string of the molecule is Cc1c(C)c2c(c(C)c1O[Si](C)(C)C(C)(C)C)CC[C@@](C)(/C=C/CCCCO)O2. The minimum absolute atomic E-state index is 0.172. The average molecular weight is 419 g/mol. The number of rotatable bonds is 7. The van der Waals surface area contributed by atoms with Crippen molar-refractivity contribution in [2.45, 2.75) is 104 Å². The van der Waals surface area contributed by atoms with Crippen molar-refractivity contribution in [2.24, 2.45) is 0 Å². The van der Waals surface area contributed by atoms with Gasteiger partial charge in [-0.1, -0.05) is 26.8 Å². The Hall–Kier alpha value is -1.26. The van der Waals surface area contributed by atoms with Gasteiger partial charge in [0.2, 0.25) is 0 Å². The van der Waals surface area contributed by atoms with Crippen molar-refractivity contribution in [3.05, 3.63) is 34.4 Å². The molecule has 164 valence electrons. The highest BCUT2D eigenvalue weighted by atomic mass is 28.4. The number of benzene rings is 1. The lowest BCUT2D eigenvalue weighted by Crippen LogP contribution is -2.44. The van der Waals surface area contributed by atoms with Crippen molar-refractivity contribution in [3.8, 4) is 11.5 Å². The summed E-state index contributed by atoms with van der Waals surface area (Å²) < 4.78 is 13.4. The van der Waals surface area contributed by atoms with Crippen LogP contribution >= 0.6 is 0 Å². The van der Waals surface area contributed by atoms with Crippen LogP contribution in [0, 0.1) is 20.8 Å². The van der Waals surface area contributed by atoms with Gasteiger partial charge in [0.25, 0.3) is 8.32 Å². The lowest BCUT2D eigenvalue weighted by molar-refractivity contribution is 0.112. The smallest absolute Gasteiger partial charge is 0.250 e. The van der Waals surface area contributed by atoms with Crippen LogP contribution in [-0.4, -0.2) is 25.6 Å². The van der Waals surface area contributed by atoms with Crippen molar-refractivity contribution < 1.29 is 14.3 Å². The topological polar surface area (TPSA) is 38.7 Å². The Bertz CT molecular complexity index is 759. The summed E-state index contributed by atoms with van der Waals surface area (Å²) in [5.41, 5.74) is 4.72. The number of unbranched alkanes of at least 4 members (excludes halogenated alkanes) is 2. The molecular formula is C25H42O3Si. The van der Waals surface area contributed by atoms with E-state index in [0.29, 0.717) is 0 Å². The number of allylic oxidation sites excluding steroid dienone is 1. The summed E-state index contributed by atoms with van der Waals surface area (Å²) in [6.07, 6.45) is 9.28. The molecule has 1 N–H and O–H groups in total. The van der Waals surface area contributed by atoms with Gasteiger partial charge in [0, 0.05) is 12.2 Å². The molecule has 1 aromatic carbocycles. The zero-order valence-electron chi connectivity index (χ0n) is 20.2. The van der Waals surface area contributed by atoms with Crippen LogP contribution in [-0.2, 0) is 6.42 Å². The van der Waals surface area contributed by atoms with Gasteiger partial charge in [-0.15, -0.1) is 0 Å². The van der Waals surface area contributed by atoms with E-state index in [1.165, 1.54) is 22.3 Å². The van der Waals surface area contributed by atoms with Crippen LogP contribution in [0.4, 0.5) is 0 Å². The van der Waals surface area contributed by atoms with Crippen molar-refractivity contribution >= 4 is 8.32 Å². The second-order valence-corrected chi connectivity index (χ2v) is 15.1. The molecule has 0 aromatic heterocycles. The molecule has 1 heterocycles. The Morgan fingerprint density at radius 1 is 1.10 bits per heavy atom. The Kier molecular flexibility index (Phi) is 7.33. The molecule has 1 atom stereocenters. The third-order valence-electron chi connectivity index (χ3n) is 6.93. The standard InChI is InChI=1S/C25H42O3Si/c1-18-19(2)23-21(20(3)22(18)28-29(8,9)24(4,5)6)14-16-25(7,27-23)15-12-10-11-13-17-26/h12,15,26H,10-11,13-14,16-17H2,1-9H3/b15-12+/t25-/m1/s1. The molecule has 0 unspecified atom stereocenters. The summed E-state index contributed by atoms with van der Waals surface area (Å²) in [4.78, 5) is 0. The first-order valence-electron chi connectivity index (χ1n) is 11.1. The summed E-state index contributed by atoms with van der Waals surface area (Å²) in [7, 11) is -1.90. The molecule has 3 nitrogen and oxygen atoms in total. The highest BCUT2D eigenvalue weighted by molar-refractivity contribution is 6.74. The number of fused-ring (bicyclic) bond motifs is 1. The maximum Gasteiger partial charge on any atom is 0.250 e. The van der Waals surface area contributed by atoms with Crippen molar-refractivity contribution in [1.29, 1.82) is 0 Å². The summed E-state index contributed by atoms with van der Waals surface area (Å²) in [5.74, 6) is 2.14. The molecule has 0 fully saturated rings. The number of aliphatic hydroxyl groups is 1. The molecule has 0 bridgehead atoms. The highest BCUT2D eigenvalue weighted by Crippen LogP contribution is 2.46. The Balaban J connectivity index is 2.33. The first-order chi connectivity index (χ1) is 13.3. The summed E-state index contributed by atoms with van der Waals surface area (Å²) >= 11 is 0. The monoisotopic (exact) mass is 418 g/mol. The van der Waals surface area contributed by atoms with Crippen molar-refractivity contribution in [2.75, 3.05) is 6.61 Å². The van der Waals surface area contributed by atoms with Crippen LogP contribution in [0.5, 0.6) is 11.5 Å². The molecule has 1 aliphatic heterocycles. The van der Waals surface area contributed by atoms with E-state index in [0.717, 1.165) is 43.6 Å². The minimum Gasteiger partial charge on any atom is -0.543 e. The van der Waals surface area contributed by atoms with Gasteiger partial charge < -0.3 is 14.3 Å². The van der Waals surface area contributed by atoms with Gasteiger partial charge in [-0.25, -0.2) is 0 Å². The number of aliphatic hydroxyl groups excluding tert-OH is 1. The van der Waals surface area contributed by atoms with E-state index >= 15 is 0 Å². The van der Waals surface area contributed by atoms with Gasteiger partial charge in [0.1, 0.15) is 17.1 Å². The number of hydrogen-bond acceptors (Lipinski definition) is 3. The molecule has 2 rings (SSSR count). The molecule has 1 aromatic rings. The van der Waals surface area contributed by atoms with Crippen molar-refractivity contribution in [3.63, 3.8) is 0 Å². The third-order valence-corrected chi connectivity index (χ3v) is 11.3. The van der Waals surface area contributed by atoms with Crippen LogP contribution in [0.2, 0.25) is 18.1 Å². The minimum atomic E-state index is -1.90. The van der Waals surface area contributed by atoms with Gasteiger partial charge >= 0.3 is 0 Å². The van der Waals surface area contributed by atoms with Crippen LogP contribution < -0.4 is 9.16 Å². The van der Waals surface area contributed by atoms with E-state index in [9.17, 15) is 0 Å². The number of hydrogen-bond donors (Lipinski definition) is 1. The number of ether oxygens (including phenoxy) is 1. The van der Waals surface area contributed by atoms with E-state index in [1.807, 2.05) is 0 Å². The summed E-state index contributed by atoms with van der Waals surface area (Å²) in [5, 5.41) is 9.11. The molecule has 0 aliphatic carbocycles. The lowest BCUT2D eigenvalue weighted by atomic mass is 9.87. The van der Waals surface area contributed by atoms with E-state index < -0.39 is 8.32 Å². The summed E-state index contributed by atoms with van der Waals surface area (Å²) in [6, 6.07) is 0. The van der Waals surface area contributed by atoms with Crippen LogP contribution in [0.15, 0.2) is 12.2 Å². The van der Waals surface area contributed by atoms with E-state index in [1.54, 1.807) is 0 Å². The third kappa shape index (κ3) is 5.27.